The molecule has 0 unspecified atom stereocenters. The van der Waals surface area contributed by atoms with E-state index in [0.717, 1.165) is 17.4 Å². The van der Waals surface area contributed by atoms with Gasteiger partial charge in [0.25, 0.3) is 0 Å². The molecule has 1 aliphatic carbocycles. The Kier molecular flexibility index (Phi) is 3.76. The van der Waals surface area contributed by atoms with Gasteiger partial charge in [-0.2, -0.15) is 0 Å². The van der Waals surface area contributed by atoms with E-state index in [-0.39, 0.29) is 0 Å². The van der Waals surface area contributed by atoms with Crippen molar-refractivity contribution in [1.29, 1.82) is 0 Å². The van der Waals surface area contributed by atoms with E-state index in [9.17, 15) is 0 Å². The monoisotopic (exact) mass is 282 g/mol. The van der Waals surface area contributed by atoms with Gasteiger partial charge in [-0.25, -0.2) is 0 Å². The van der Waals surface area contributed by atoms with E-state index in [1.165, 1.54) is 19.3 Å². The quantitative estimate of drug-likeness (QED) is 0.585. The molecule has 0 spiro atoms. The molecule has 0 aromatic carbocycles. The first-order chi connectivity index (χ1) is 8.50. The van der Waals surface area contributed by atoms with Gasteiger partial charge in [-0.1, -0.05) is 55.4 Å². The summed E-state index contributed by atoms with van der Waals surface area (Å²) in [6.45, 7) is 19.5. The van der Waals surface area contributed by atoms with Crippen LogP contribution in [0.2, 0.25) is 15.6 Å². The van der Waals surface area contributed by atoms with Crippen LogP contribution < -0.4 is 0 Å². The molecule has 2 aliphatic rings. The molecule has 1 nitrogen and oxygen atoms in total. The summed E-state index contributed by atoms with van der Waals surface area (Å²) in [6, 6.07) is 0. The minimum Gasteiger partial charge on any atom is -0.412 e. The minimum absolute atomic E-state index is 0.323. The van der Waals surface area contributed by atoms with Gasteiger partial charge in [-0.15, -0.1) is 0 Å². The zero-order chi connectivity index (χ0) is 14.6. The Balaban J connectivity index is 2.43. The molecule has 1 saturated heterocycles. The topological polar surface area (TPSA) is 9.23 Å². The van der Waals surface area contributed by atoms with E-state index in [1.807, 2.05) is 0 Å². The van der Waals surface area contributed by atoms with E-state index in [1.54, 1.807) is 0 Å². The predicted molar refractivity (Wildman–Crippen MR) is 86.0 cm³/mol. The molecule has 112 valence electrons. The molecule has 1 heterocycles. The zero-order valence-corrected chi connectivity index (χ0v) is 15.3. The van der Waals surface area contributed by atoms with Crippen molar-refractivity contribution in [3.05, 3.63) is 0 Å². The molecule has 1 aliphatic heterocycles. The fourth-order valence-electron chi connectivity index (χ4n) is 4.88. The largest absolute Gasteiger partial charge is 0.412 e. The van der Waals surface area contributed by atoms with Gasteiger partial charge in [0.15, 0.2) is 0 Å². The van der Waals surface area contributed by atoms with Gasteiger partial charge in [0.1, 0.15) is 0 Å². The van der Waals surface area contributed by atoms with E-state index >= 15 is 0 Å². The molecular weight excluding hydrogens is 248 g/mol. The molecule has 0 bridgehead atoms. The van der Waals surface area contributed by atoms with Crippen molar-refractivity contribution >= 4 is 8.32 Å². The molecule has 1 saturated carbocycles. The fourth-order valence-corrected chi connectivity index (χ4v) is 12.5. The molecule has 0 radical (unpaired) electrons. The van der Waals surface area contributed by atoms with E-state index in [4.69, 9.17) is 4.43 Å². The van der Waals surface area contributed by atoms with Crippen LogP contribution in [0.4, 0.5) is 0 Å². The SMILES string of the molecule is CC(C)[C@@H]1C[C@@H](C2CC2)O[Si]1(C(C)(C)C)C(C)(C)C. The molecule has 19 heavy (non-hydrogen) atoms. The number of rotatable bonds is 2. The van der Waals surface area contributed by atoms with Crippen molar-refractivity contribution in [3.63, 3.8) is 0 Å². The first kappa shape index (κ1) is 15.6. The summed E-state index contributed by atoms with van der Waals surface area (Å²) in [7, 11) is -1.81. The maximum Gasteiger partial charge on any atom is 0.207 e. The Bertz CT molecular complexity index is 316. The normalized spacial score (nSPS) is 32.1. The van der Waals surface area contributed by atoms with Gasteiger partial charge in [0, 0.05) is 6.10 Å². The Morgan fingerprint density at radius 1 is 0.947 bits per heavy atom. The fraction of sp³-hybridized carbons (Fsp3) is 1.00. The third-order valence-corrected chi connectivity index (χ3v) is 12.6. The number of hydrogen-bond donors (Lipinski definition) is 0. The van der Waals surface area contributed by atoms with Crippen LogP contribution in [0.3, 0.4) is 0 Å². The van der Waals surface area contributed by atoms with Crippen LogP contribution in [-0.2, 0) is 4.43 Å². The lowest BCUT2D eigenvalue weighted by atomic mass is 10.0. The molecular formula is C17H34OSi. The van der Waals surface area contributed by atoms with Gasteiger partial charge in [0.2, 0.25) is 8.32 Å². The number of hydrogen-bond acceptors (Lipinski definition) is 1. The molecule has 0 N–H and O–H groups in total. The van der Waals surface area contributed by atoms with Crippen molar-refractivity contribution in [3.8, 4) is 0 Å². The zero-order valence-electron chi connectivity index (χ0n) is 14.3. The Labute approximate surface area is 121 Å². The predicted octanol–water partition coefficient (Wildman–Crippen LogP) is 5.76. The molecule has 2 fully saturated rings. The average molecular weight is 283 g/mol. The molecule has 2 rings (SSSR count). The van der Waals surface area contributed by atoms with Crippen LogP contribution in [0.5, 0.6) is 0 Å². The first-order valence-corrected chi connectivity index (χ1v) is 10.2. The second kappa shape index (κ2) is 4.59. The van der Waals surface area contributed by atoms with Gasteiger partial charge in [-0.05, 0) is 46.7 Å². The van der Waals surface area contributed by atoms with Gasteiger partial charge < -0.3 is 4.43 Å². The van der Waals surface area contributed by atoms with Crippen LogP contribution in [0.1, 0.15) is 74.7 Å². The summed E-state index contributed by atoms with van der Waals surface area (Å²) in [5, 5.41) is 0.646. The molecule has 0 aromatic rings. The molecule has 0 aromatic heterocycles. The highest BCUT2D eigenvalue weighted by atomic mass is 28.4. The summed E-state index contributed by atoms with van der Waals surface area (Å²) in [4.78, 5) is 0. The van der Waals surface area contributed by atoms with Crippen LogP contribution >= 0.6 is 0 Å². The van der Waals surface area contributed by atoms with Crippen molar-refractivity contribution in [2.24, 2.45) is 11.8 Å². The molecule has 2 heteroatoms. The maximum absolute atomic E-state index is 7.01. The van der Waals surface area contributed by atoms with Crippen molar-refractivity contribution in [2.45, 2.75) is 96.4 Å². The lowest BCUT2D eigenvalue weighted by Crippen LogP contribution is -2.56. The second-order valence-electron chi connectivity index (χ2n) is 9.32. The lowest BCUT2D eigenvalue weighted by molar-refractivity contribution is 0.176. The van der Waals surface area contributed by atoms with Crippen molar-refractivity contribution < 1.29 is 4.43 Å². The lowest BCUT2D eigenvalue weighted by Gasteiger charge is -2.52. The average Bonchev–Trinajstić information content (AvgIpc) is 2.93. The van der Waals surface area contributed by atoms with Crippen LogP contribution in [0.25, 0.3) is 0 Å². The van der Waals surface area contributed by atoms with E-state index in [0.29, 0.717) is 16.2 Å². The standard InChI is InChI=1S/C17H34OSi/c1-12(2)15-11-14(13-9-10-13)18-19(15,16(3,4)5)17(6,7)8/h12-15H,9-11H2,1-8H3/t14-,15-/m0/s1. The Morgan fingerprint density at radius 2 is 1.42 bits per heavy atom. The minimum atomic E-state index is -1.81. The summed E-state index contributed by atoms with van der Waals surface area (Å²) in [6.07, 6.45) is 4.74. The Hall–Kier alpha value is 0.177. The van der Waals surface area contributed by atoms with Crippen LogP contribution in [0.15, 0.2) is 0 Å². The van der Waals surface area contributed by atoms with Gasteiger partial charge in [0.05, 0.1) is 0 Å². The second-order valence-corrected chi connectivity index (χ2v) is 14.8. The first-order valence-electron chi connectivity index (χ1n) is 8.18. The van der Waals surface area contributed by atoms with Crippen LogP contribution in [0, 0.1) is 11.8 Å². The molecule has 0 amide bonds. The molecule has 2 atom stereocenters. The summed E-state index contributed by atoms with van der Waals surface area (Å²) < 4.78 is 7.01. The van der Waals surface area contributed by atoms with Gasteiger partial charge in [-0.3, -0.25) is 0 Å². The summed E-state index contributed by atoms with van der Waals surface area (Å²) in [5.41, 5.74) is 0.818. The highest BCUT2D eigenvalue weighted by Gasteiger charge is 2.65. The van der Waals surface area contributed by atoms with Gasteiger partial charge >= 0.3 is 0 Å². The maximum atomic E-state index is 7.01. The van der Waals surface area contributed by atoms with E-state index in [2.05, 4.69) is 55.4 Å². The summed E-state index contributed by atoms with van der Waals surface area (Å²) >= 11 is 0. The van der Waals surface area contributed by atoms with Crippen molar-refractivity contribution in [1.82, 2.24) is 0 Å². The smallest absolute Gasteiger partial charge is 0.207 e. The van der Waals surface area contributed by atoms with E-state index < -0.39 is 8.32 Å². The highest BCUT2D eigenvalue weighted by Crippen LogP contribution is 2.65. The Morgan fingerprint density at radius 3 is 1.68 bits per heavy atom. The highest BCUT2D eigenvalue weighted by molar-refractivity contribution is 6.81. The van der Waals surface area contributed by atoms with Crippen molar-refractivity contribution in [2.75, 3.05) is 0 Å². The third kappa shape index (κ3) is 2.44. The van der Waals surface area contributed by atoms with Crippen LogP contribution in [-0.4, -0.2) is 14.4 Å². The summed E-state index contributed by atoms with van der Waals surface area (Å²) in [5.74, 6) is 1.65. The third-order valence-electron chi connectivity index (χ3n) is 5.53.